The molecule has 27 heavy (non-hydrogen) atoms. The van der Waals surface area contributed by atoms with Crippen molar-refractivity contribution in [3.05, 3.63) is 41.0 Å². The summed E-state index contributed by atoms with van der Waals surface area (Å²) in [7, 11) is 0. The van der Waals surface area contributed by atoms with Crippen LogP contribution in [-0.4, -0.2) is 32.6 Å². The van der Waals surface area contributed by atoms with E-state index in [1.54, 1.807) is 12.1 Å². The summed E-state index contributed by atoms with van der Waals surface area (Å²) in [6.45, 7) is 1.87. The number of nitrogens with one attached hydrogen (secondary N) is 1. The summed E-state index contributed by atoms with van der Waals surface area (Å²) >= 11 is 0. The van der Waals surface area contributed by atoms with Crippen LogP contribution >= 0.6 is 0 Å². The van der Waals surface area contributed by atoms with Gasteiger partial charge in [0.1, 0.15) is 11.6 Å². The van der Waals surface area contributed by atoms with E-state index in [1.807, 2.05) is 13.0 Å². The zero-order chi connectivity index (χ0) is 19.1. The Bertz CT molecular complexity index is 926. The molecular formula is C20H21F2N3O2. The molecule has 1 aromatic carbocycles. The molecule has 0 amide bonds. The second kappa shape index (κ2) is 6.88. The van der Waals surface area contributed by atoms with E-state index in [2.05, 4.69) is 15.5 Å². The predicted molar refractivity (Wildman–Crippen MR) is 98.6 cm³/mol. The minimum atomic E-state index is -1.69. The molecule has 2 atom stereocenters. The van der Waals surface area contributed by atoms with Gasteiger partial charge in [-0.15, -0.1) is 10.2 Å². The molecule has 0 spiro atoms. The van der Waals surface area contributed by atoms with E-state index in [9.17, 15) is 19.0 Å². The van der Waals surface area contributed by atoms with Gasteiger partial charge in [0.25, 0.3) is 6.08 Å². The van der Waals surface area contributed by atoms with Crippen LogP contribution < -0.4 is 5.32 Å². The lowest BCUT2D eigenvalue weighted by Gasteiger charge is -2.15. The first kappa shape index (κ1) is 17.9. The Balaban J connectivity index is 1.64. The van der Waals surface area contributed by atoms with Crippen LogP contribution in [0.4, 0.5) is 14.6 Å². The topological polar surface area (TPSA) is 78.3 Å². The minimum absolute atomic E-state index is 0.000717. The van der Waals surface area contributed by atoms with E-state index in [0.717, 1.165) is 18.4 Å². The number of aliphatic hydroxyl groups is 1. The summed E-state index contributed by atoms with van der Waals surface area (Å²) in [5.41, 5.74) is 2.82. The van der Waals surface area contributed by atoms with Gasteiger partial charge in [0, 0.05) is 22.7 Å². The van der Waals surface area contributed by atoms with Gasteiger partial charge in [-0.05, 0) is 62.3 Å². The zero-order valence-corrected chi connectivity index (χ0v) is 15.0. The molecule has 0 bridgehead atoms. The maximum atomic E-state index is 13.0. The van der Waals surface area contributed by atoms with E-state index < -0.39 is 6.08 Å². The molecule has 1 saturated carbocycles. The zero-order valence-electron chi connectivity index (χ0n) is 15.0. The lowest BCUT2D eigenvalue weighted by Crippen LogP contribution is -2.18. The number of aliphatic hydroxyl groups excluding tert-OH is 1. The average molecular weight is 373 g/mol. The standard InChI is InChI=1S/C20H21F2N3O2/c1-10-8-17(23-11-2-3-12(26)9-11)24-25-18(10)16-7-4-13-14(19(16)27)5-6-15(13)20(21)22/h4,7-8,11-12,26-27H,2-3,5-6,9H2,1H3,(H,23,24)/t11-,12-/m1/s1. The highest BCUT2D eigenvalue weighted by molar-refractivity contribution is 5.81. The number of aromatic hydroxyl groups is 1. The Morgan fingerprint density at radius 1 is 1.15 bits per heavy atom. The third kappa shape index (κ3) is 3.27. The van der Waals surface area contributed by atoms with Crippen LogP contribution in [0.15, 0.2) is 24.3 Å². The Kier molecular flexibility index (Phi) is 4.55. The first-order valence-electron chi connectivity index (χ1n) is 9.12. The predicted octanol–water partition coefficient (Wildman–Crippen LogP) is 4.04. The van der Waals surface area contributed by atoms with E-state index in [1.165, 1.54) is 0 Å². The van der Waals surface area contributed by atoms with Gasteiger partial charge in [0.15, 0.2) is 0 Å². The molecule has 0 unspecified atom stereocenters. The summed E-state index contributed by atoms with van der Waals surface area (Å²) in [6.07, 6.45) is 1.01. The number of halogens is 2. The van der Waals surface area contributed by atoms with Crippen molar-refractivity contribution in [2.75, 3.05) is 5.32 Å². The SMILES string of the molecule is Cc1cc(N[C@@H]2CC[C@@H](O)C2)nnc1-c1ccc2c(c1O)CCC2=C(F)F. The number of phenols is 1. The highest BCUT2D eigenvalue weighted by atomic mass is 19.3. The number of anilines is 1. The van der Waals surface area contributed by atoms with Gasteiger partial charge >= 0.3 is 0 Å². The molecule has 3 N–H and O–H groups in total. The summed E-state index contributed by atoms with van der Waals surface area (Å²) < 4.78 is 26.1. The smallest absolute Gasteiger partial charge is 0.274 e. The van der Waals surface area contributed by atoms with Crippen molar-refractivity contribution in [1.29, 1.82) is 0 Å². The number of phenolic OH excluding ortho intramolecular Hbond substituents is 1. The van der Waals surface area contributed by atoms with Gasteiger partial charge in [-0.25, -0.2) is 0 Å². The fourth-order valence-electron chi connectivity index (χ4n) is 4.06. The van der Waals surface area contributed by atoms with E-state index in [-0.39, 0.29) is 29.9 Å². The molecular weight excluding hydrogens is 352 g/mol. The molecule has 2 aliphatic carbocycles. The van der Waals surface area contributed by atoms with Crippen molar-refractivity contribution in [3.8, 4) is 17.0 Å². The van der Waals surface area contributed by atoms with Gasteiger partial charge < -0.3 is 15.5 Å². The van der Waals surface area contributed by atoms with Gasteiger partial charge in [0.05, 0.1) is 11.8 Å². The Labute approximate surface area is 155 Å². The lowest BCUT2D eigenvalue weighted by atomic mass is 9.99. The molecule has 7 heteroatoms. The molecule has 5 nitrogen and oxygen atoms in total. The number of hydrogen-bond donors (Lipinski definition) is 3. The van der Waals surface area contributed by atoms with Crippen molar-refractivity contribution >= 4 is 11.4 Å². The Morgan fingerprint density at radius 3 is 2.59 bits per heavy atom. The first-order valence-corrected chi connectivity index (χ1v) is 9.12. The van der Waals surface area contributed by atoms with Crippen molar-refractivity contribution in [1.82, 2.24) is 10.2 Å². The first-order chi connectivity index (χ1) is 12.9. The van der Waals surface area contributed by atoms with Crippen LogP contribution in [0.1, 0.15) is 42.4 Å². The summed E-state index contributed by atoms with van der Waals surface area (Å²) in [6, 6.07) is 5.28. The van der Waals surface area contributed by atoms with E-state index in [4.69, 9.17) is 0 Å². The number of aromatic nitrogens is 2. The van der Waals surface area contributed by atoms with Crippen molar-refractivity contribution in [2.45, 2.75) is 51.2 Å². The summed E-state index contributed by atoms with van der Waals surface area (Å²) in [4.78, 5) is 0. The Hall–Kier alpha value is -2.54. The van der Waals surface area contributed by atoms with E-state index >= 15 is 0 Å². The van der Waals surface area contributed by atoms with E-state index in [0.29, 0.717) is 41.0 Å². The quantitative estimate of drug-likeness (QED) is 0.757. The van der Waals surface area contributed by atoms with Crippen LogP contribution in [0.3, 0.4) is 0 Å². The number of rotatable bonds is 3. The van der Waals surface area contributed by atoms with Crippen molar-refractivity contribution in [2.24, 2.45) is 0 Å². The van der Waals surface area contributed by atoms with Gasteiger partial charge in [-0.3, -0.25) is 0 Å². The van der Waals surface area contributed by atoms with Crippen LogP contribution in [0.2, 0.25) is 0 Å². The van der Waals surface area contributed by atoms with Crippen LogP contribution in [0.5, 0.6) is 5.75 Å². The van der Waals surface area contributed by atoms with Gasteiger partial charge in [-0.1, -0.05) is 6.07 Å². The molecule has 0 saturated heterocycles. The minimum Gasteiger partial charge on any atom is -0.507 e. The molecule has 2 aliphatic rings. The van der Waals surface area contributed by atoms with Gasteiger partial charge in [0.2, 0.25) is 0 Å². The molecule has 1 aromatic heterocycles. The Morgan fingerprint density at radius 2 is 1.93 bits per heavy atom. The number of fused-ring (bicyclic) bond motifs is 1. The number of hydrogen-bond acceptors (Lipinski definition) is 5. The average Bonchev–Trinajstić information content (AvgIpc) is 3.23. The molecule has 1 fully saturated rings. The summed E-state index contributed by atoms with van der Waals surface area (Å²) in [5, 5.41) is 32.0. The lowest BCUT2D eigenvalue weighted by molar-refractivity contribution is 0.182. The molecule has 2 aromatic rings. The fourth-order valence-corrected chi connectivity index (χ4v) is 4.06. The normalized spacial score (nSPS) is 21.4. The number of nitrogens with zero attached hydrogens (tertiary/aromatic N) is 2. The maximum Gasteiger partial charge on any atom is 0.274 e. The highest BCUT2D eigenvalue weighted by Gasteiger charge is 2.26. The second-order valence-corrected chi connectivity index (χ2v) is 7.30. The molecule has 0 aliphatic heterocycles. The monoisotopic (exact) mass is 373 g/mol. The maximum absolute atomic E-state index is 13.0. The number of aryl methyl sites for hydroxylation is 1. The van der Waals surface area contributed by atoms with Crippen molar-refractivity contribution < 1.29 is 19.0 Å². The van der Waals surface area contributed by atoms with Crippen LogP contribution in [-0.2, 0) is 6.42 Å². The van der Waals surface area contributed by atoms with Gasteiger partial charge in [-0.2, -0.15) is 8.78 Å². The molecule has 142 valence electrons. The molecule has 4 rings (SSSR count). The highest BCUT2D eigenvalue weighted by Crippen LogP contribution is 2.44. The molecule has 0 radical (unpaired) electrons. The molecule has 1 heterocycles. The number of benzene rings is 1. The van der Waals surface area contributed by atoms with Crippen LogP contribution in [0, 0.1) is 6.92 Å². The third-order valence-electron chi connectivity index (χ3n) is 5.46. The number of allylic oxidation sites excluding steroid dienone is 1. The second-order valence-electron chi connectivity index (χ2n) is 7.30. The summed E-state index contributed by atoms with van der Waals surface area (Å²) in [5.74, 6) is 0.626. The van der Waals surface area contributed by atoms with Crippen molar-refractivity contribution in [3.63, 3.8) is 0 Å². The fraction of sp³-hybridized carbons (Fsp3) is 0.400. The third-order valence-corrected chi connectivity index (χ3v) is 5.46. The largest absolute Gasteiger partial charge is 0.507 e. The van der Waals surface area contributed by atoms with Crippen LogP contribution in [0.25, 0.3) is 16.8 Å².